The van der Waals surface area contributed by atoms with Crippen LogP contribution in [0.5, 0.6) is 5.75 Å². The van der Waals surface area contributed by atoms with Crippen molar-refractivity contribution >= 4 is 33.8 Å². The maximum absolute atomic E-state index is 6.18. The van der Waals surface area contributed by atoms with Gasteiger partial charge in [0.15, 0.2) is 0 Å². The Hall–Kier alpha value is -1.45. The third-order valence-electron chi connectivity index (χ3n) is 2.80. The van der Waals surface area contributed by atoms with Gasteiger partial charge in [0, 0.05) is 28.2 Å². The largest absolute Gasteiger partial charge is 0.497 e. The molecule has 17 heavy (non-hydrogen) atoms. The van der Waals surface area contributed by atoms with E-state index < -0.39 is 0 Å². The molecule has 0 radical (unpaired) electrons. The zero-order chi connectivity index (χ0) is 11.8. The lowest BCUT2D eigenvalue weighted by molar-refractivity contribution is 0.415. The third kappa shape index (κ3) is 1.72. The fourth-order valence-corrected chi connectivity index (χ4v) is 2.88. The van der Waals surface area contributed by atoms with Gasteiger partial charge in [0.05, 0.1) is 7.11 Å². The molecule has 0 spiro atoms. The van der Waals surface area contributed by atoms with Crippen molar-refractivity contribution < 1.29 is 4.74 Å². The van der Waals surface area contributed by atoms with Crippen LogP contribution in [0.2, 0.25) is 4.34 Å². The summed E-state index contributed by atoms with van der Waals surface area (Å²) < 4.78 is 6.06. The highest BCUT2D eigenvalue weighted by atomic mass is 35.5. The lowest BCUT2D eigenvalue weighted by atomic mass is 10.1. The smallest absolute Gasteiger partial charge is 0.119 e. The molecule has 0 bridgehead atoms. The van der Waals surface area contributed by atoms with E-state index in [1.165, 1.54) is 0 Å². The number of aromatic nitrogens is 1. The van der Waals surface area contributed by atoms with Gasteiger partial charge in [0.25, 0.3) is 0 Å². The number of fused-ring (bicyclic) bond motifs is 1. The fourth-order valence-electron chi connectivity index (χ4n) is 1.94. The number of rotatable bonds is 2. The topological polar surface area (TPSA) is 25.0 Å². The summed E-state index contributed by atoms with van der Waals surface area (Å²) in [5.74, 6) is 0.852. The van der Waals surface area contributed by atoms with E-state index in [1.54, 1.807) is 18.4 Å². The molecule has 4 heteroatoms. The Morgan fingerprint density at radius 3 is 2.82 bits per heavy atom. The van der Waals surface area contributed by atoms with Crippen molar-refractivity contribution in [3.8, 4) is 16.9 Å². The number of ether oxygens (including phenoxy) is 1. The molecule has 2 aromatic heterocycles. The van der Waals surface area contributed by atoms with E-state index >= 15 is 0 Å². The van der Waals surface area contributed by atoms with Crippen LogP contribution in [0, 0.1) is 0 Å². The molecule has 0 aliphatic rings. The Bertz CT molecular complexity index is 671. The zero-order valence-corrected chi connectivity index (χ0v) is 10.7. The second kappa shape index (κ2) is 4.09. The monoisotopic (exact) mass is 263 g/mol. The van der Waals surface area contributed by atoms with Crippen LogP contribution in [0.3, 0.4) is 0 Å². The Balaban J connectivity index is 2.27. The van der Waals surface area contributed by atoms with Crippen LogP contribution in [0.4, 0.5) is 0 Å². The van der Waals surface area contributed by atoms with Gasteiger partial charge >= 0.3 is 0 Å². The van der Waals surface area contributed by atoms with Gasteiger partial charge in [-0.15, -0.1) is 11.3 Å². The Morgan fingerprint density at radius 1 is 1.24 bits per heavy atom. The lowest BCUT2D eigenvalue weighted by Gasteiger charge is -2.01. The number of H-pyrrole nitrogens is 1. The molecule has 0 saturated carbocycles. The summed E-state index contributed by atoms with van der Waals surface area (Å²) in [4.78, 5) is 3.25. The molecule has 0 unspecified atom stereocenters. The number of halogens is 1. The highest BCUT2D eigenvalue weighted by Crippen LogP contribution is 2.37. The number of nitrogens with one attached hydrogen (secondary N) is 1. The first-order chi connectivity index (χ1) is 8.29. The molecule has 0 atom stereocenters. The molecular formula is C13H10ClNOS. The molecule has 0 aliphatic carbocycles. The molecule has 2 nitrogen and oxygen atoms in total. The Morgan fingerprint density at radius 2 is 2.12 bits per heavy atom. The Kier molecular flexibility index (Phi) is 2.57. The van der Waals surface area contributed by atoms with Crippen LogP contribution in [0.1, 0.15) is 0 Å². The van der Waals surface area contributed by atoms with E-state index in [4.69, 9.17) is 16.3 Å². The van der Waals surface area contributed by atoms with Gasteiger partial charge in [-0.1, -0.05) is 11.6 Å². The number of aromatic amines is 1. The van der Waals surface area contributed by atoms with Gasteiger partial charge < -0.3 is 9.72 Å². The first kappa shape index (κ1) is 10.7. The summed E-state index contributed by atoms with van der Waals surface area (Å²) in [5.41, 5.74) is 3.27. The van der Waals surface area contributed by atoms with E-state index in [2.05, 4.69) is 4.98 Å². The van der Waals surface area contributed by atoms with E-state index in [1.807, 2.05) is 35.8 Å². The SMILES string of the molecule is COc1ccc2[nH]cc(-c3ccsc3Cl)c2c1. The first-order valence-electron chi connectivity index (χ1n) is 5.18. The standard InChI is InChI=1S/C13H10ClNOS/c1-16-8-2-3-12-10(6-8)11(7-15-12)9-4-5-17-13(9)14/h2-7,15H,1H3. The van der Waals surface area contributed by atoms with Crippen molar-refractivity contribution in [1.82, 2.24) is 4.98 Å². The minimum Gasteiger partial charge on any atom is -0.497 e. The molecular weight excluding hydrogens is 254 g/mol. The van der Waals surface area contributed by atoms with Gasteiger partial charge in [-0.05, 0) is 29.6 Å². The summed E-state index contributed by atoms with van der Waals surface area (Å²) in [7, 11) is 1.67. The van der Waals surface area contributed by atoms with Gasteiger partial charge in [-0.25, -0.2) is 0 Å². The number of thiophene rings is 1. The molecule has 0 saturated heterocycles. The van der Waals surface area contributed by atoms with Crippen molar-refractivity contribution in [2.45, 2.75) is 0 Å². The van der Waals surface area contributed by atoms with E-state index in [9.17, 15) is 0 Å². The predicted octanol–water partition coefficient (Wildman–Crippen LogP) is 4.56. The van der Waals surface area contributed by atoms with Crippen molar-refractivity contribution in [1.29, 1.82) is 0 Å². The summed E-state index contributed by atoms with van der Waals surface area (Å²) >= 11 is 7.72. The summed E-state index contributed by atoms with van der Waals surface area (Å²) in [6.45, 7) is 0. The zero-order valence-electron chi connectivity index (χ0n) is 9.16. The van der Waals surface area contributed by atoms with Gasteiger partial charge in [-0.2, -0.15) is 0 Å². The van der Waals surface area contributed by atoms with Crippen LogP contribution in [0.15, 0.2) is 35.8 Å². The third-order valence-corrected chi connectivity index (χ3v) is 3.97. The normalized spacial score (nSPS) is 10.9. The summed E-state index contributed by atoms with van der Waals surface area (Å²) in [6.07, 6.45) is 1.98. The number of hydrogen-bond acceptors (Lipinski definition) is 2. The quantitative estimate of drug-likeness (QED) is 0.720. The molecule has 3 rings (SSSR count). The molecule has 2 heterocycles. The van der Waals surface area contributed by atoms with Crippen LogP contribution in [0.25, 0.3) is 22.0 Å². The van der Waals surface area contributed by atoms with Crippen LogP contribution >= 0.6 is 22.9 Å². The van der Waals surface area contributed by atoms with Crippen LogP contribution < -0.4 is 4.74 Å². The first-order valence-corrected chi connectivity index (χ1v) is 6.44. The number of methoxy groups -OCH3 is 1. The van der Waals surface area contributed by atoms with Crippen molar-refractivity contribution in [2.75, 3.05) is 7.11 Å². The van der Waals surface area contributed by atoms with E-state index in [-0.39, 0.29) is 0 Å². The van der Waals surface area contributed by atoms with E-state index in [0.717, 1.165) is 32.1 Å². The van der Waals surface area contributed by atoms with Gasteiger partial charge in [0.2, 0.25) is 0 Å². The summed E-state index contributed by atoms with van der Waals surface area (Å²) in [5, 5.41) is 3.13. The average molecular weight is 264 g/mol. The molecule has 0 aliphatic heterocycles. The van der Waals surface area contributed by atoms with Crippen molar-refractivity contribution in [3.05, 3.63) is 40.2 Å². The second-order valence-corrected chi connectivity index (χ2v) is 5.24. The maximum atomic E-state index is 6.18. The molecule has 3 aromatic rings. The molecule has 1 N–H and O–H groups in total. The van der Waals surface area contributed by atoms with Crippen LogP contribution in [-0.4, -0.2) is 12.1 Å². The predicted molar refractivity (Wildman–Crippen MR) is 73.2 cm³/mol. The summed E-state index contributed by atoms with van der Waals surface area (Å²) in [6, 6.07) is 8.01. The Labute approximate surface area is 108 Å². The highest BCUT2D eigenvalue weighted by Gasteiger charge is 2.10. The van der Waals surface area contributed by atoms with Crippen LogP contribution in [-0.2, 0) is 0 Å². The average Bonchev–Trinajstić information content (AvgIpc) is 2.94. The number of benzene rings is 1. The highest BCUT2D eigenvalue weighted by molar-refractivity contribution is 7.15. The minimum atomic E-state index is 0.814. The van der Waals surface area contributed by atoms with Crippen molar-refractivity contribution in [3.63, 3.8) is 0 Å². The fraction of sp³-hybridized carbons (Fsp3) is 0.0769. The molecule has 1 aromatic carbocycles. The molecule has 0 amide bonds. The van der Waals surface area contributed by atoms with Crippen molar-refractivity contribution in [2.24, 2.45) is 0 Å². The van der Waals surface area contributed by atoms with Gasteiger partial charge in [0.1, 0.15) is 10.1 Å². The molecule has 0 fully saturated rings. The second-order valence-electron chi connectivity index (χ2n) is 3.72. The minimum absolute atomic E-state index is 0.814. The molecule has 86 valence electrons. The van der Waals surface area contributed by atoms with Gasteiger partial charge in [-0.3, -0.25) is 0 Å². The number of hydrogen-bond donors (Lipinski definition) is 1. The maximum Gasteiger partial charge on any atom is 0.119 e. The van der Waals surface area contributed by atoms with E-state index in [0.29, 0.717) is 0 Å². The lowest BCUT2D eigenvalue weighted by Crippen LogP contribution is -1.81.